The molecule has 3 aromatic rings. The Morgan fingerprint density at radius 2 is 1.62 bits per heavy atom. The van der Waals surface area contributed by atoms with Gasteiger partial charge in [0.2, 0.25) is 0 Å². The molecule has 0 bridgehead atoms. The summed E-state index contributed by atoms with van der Waals surface area (Å²) in [6.07, 6.45) is 16.6. The molecule has 1 aromatic carbocycles. The molecule has 0 aliphatic carbocycles. The van der Waals surface area contributed by atoms with Crippen LogP contribution in [0.1, 0.15) is 63.4 Å². The Balaban J connectivity index is 0.000000320. The molecule has 2 aromatic heterocycles. The Bertz CT molecular complexity index is 989. The van der Waals surface area contributed by atoms with E-state index in [1.807, 2.05) is 26.0 Å². The number of aliphatic imine (C=N–C) groups is 1. The van der Waals surface area contributed by atoms with Crippen LogP contribution in [0.15, 0.2) is 60.1 Å². The molecule has 7 nitrogen and oxygen atoms in total. The number of anilines is 1. The Morgan fingerprint density at radius 3 is 2.09 bits per heavy atom. The van der Waals surface area contributed by atoms with Gasteiger partial charge in [0.1, 0.15) is 11.4 Å². The van der Waals surface area contributed by atoms with Crippen molar-refractivity contribution in [2.75, 3.05) is 11.9 Å². The summed E-state index contributed by atoms with van der Waals surface area (Å²) < 4.78 is 0. The number of hydrogen-bond donors (Lipinski definition) is 4. The number of phenolic OH excluding ortho intramolecular Hbond substituents is 1. The van der Waals surface area contributed by atoms with Gasteiger partial charge in [0.25, 0.3) is 0 Å². The van der Waals surface area contributed by atoms with Crippen molar-refractivity contribution in [1.29, 1.82) is 0 Å². The van der Waals surface area contributed by atoms with Gasteiger partial charge in [0, 0.05) is 30.3 Å². The van der Waals surface area contributed by atoms with E-state index in [4.69, 9.17) is 0 Å². The number of amidine groups is 1. The number of hydrogen-bond acceptors (Lipinski definition) is 5. The molecule has 0 aliphatic heterocycles. The van der Waals surface area contributed by atoms with Crippen LogP contribution in [0.2, 0.25) is 0 Å². The van der Waals surface area contributed by atoms with Crippen LogP contribution >= 0.6 is 0 Å². The molecule has 4 N–H and O–H groups in total. The number of phenols is 1. The molecule has 182 valence electrons. The lowest BCUT2D eigenvalue weighted by atomic mass is 9.85. The largest absolute Gasteiger partial charge is 0.508 e. The highest BCUT2D eigenvalue weighted by Gasteiger charge is 2.26. The molecule has 34 heavy (non-hydrogen) atoms. The van der Waals surface area contributed by atoms with E-state index >= 15 is 0 Å². The van der Waals surface area contributed by atoms with Crippen molar-refractivity contribution in [3.05, 3.63) is 72.1 Å². The number of nitrogens with one attached hydrogen (secondary N) is 2. The van der Waals surface area contributed by atoms with Crippen LogP contribution in [0, 0.1) is 19.8 Å². The minimum absolute atomic E-state index is 0.245. The van der Waals surface area contributed by atoms with Crippen LogP contribution in [0.3, 0.4) is 0 Å². The van der Waals surface area contributed by atoms with Gasteiger partial charge in [-0.15, -0.1) is 12.8 Å². The quantitative estimate of drug-likeness (QED) is 0.203. The van der Waals surface area contributed by atoms with E-state index in [0.717, 1.165) is 54.2 Å². The Morgan fingerprint density at radius 1 is 1.03 bits per heavy atom. The number of benzene rings is 1. The van der Waals surface area contributed by atoms with Gasteiger partial charge >= 0.3 is 0 Å². The molecular formula is C27H37N5O2. The van der Waals surface area contributed by atoms with Crippen molar-refractivity contribution >= 4 is 11.5 Å². The van der Waals surface area contributed by atoms with Crippen LogP contribution in [-0.4, -0.2) is 37.5 Å². The van der Waals surface area contributed by atoms with Gasteiger partial charge in [-0.1, -0.05) is 38.8 Å². The van der Waals surface area contributed by atoms with Crippen LogP contribution in [0.25, 0.3) is 0 Å². The van der Waals surface area contributed by atoms with Crippen molar-refractivity contribution in [3.63, 3.8) is 0 Å². The van der Waals surface area contributed by atoms with Crippen molar-refractivity contribution in [2.24, 2.45) is 4.99 Å². The predicted molar refractivity (Wildman–Crippen MR) is 140 cm³/mol. The summed E-state index contributed by atoms with van der Waals surface area (Å²) in [5.74, 6) is 1.02. The third-order valence-electron chi connectivity index (χ3n) is 5.05. The normalized spacial score (nSPS) is 11.0. The number of pyridine rings is 1. The molecule has 0 radical (unpaired) electrons. The standard InChI is InChI=1S/C13H20O2.C12H15N5.C2H2/c1-3-9-13(15,10-4-2)11-5-7-12(14)8-6-11;1-3-14-12(11-9(2)15-8-16-11)17-10-4-6-13-7-5-10;1-2/h5-8,14-15H,3-4,9-10H2,1-2H3;4-8H,3H2,1-2H3,(H,15,16)(H,13,14,17);1-2H. The number of aliphatic hydroxyl groups is 1. The zero-order chi connectivity index (χ0) is 25.4. The number of H-pyrrole nitrogens is 1. The molecular weight excluding hydrogens is 426 g/mol. The maximum Gasteiger partial charge on any atom is 0.153 e. The van der Waals surface area contributed by atoms with E-state index < -0.39 is 5.60 Å². The third kappa shape index (κ3) is 8.72. The molecule has 2 heterocycles. The number of imidazole rings is 1. The van der Waals surface area contributed by atoms with E-state index in [9.17, 15) is 10.2 Å². The first-order valence-corrected chi connectivity index (χ1v) is 11.5. The van der Waals surface area contributed by atoms with Gasteiger partial charge in [-0.25, -0.2) is 4.98 Å². The molecule has 0 saturated carbocycles. The second-order valence-corrected chi connectivity index (χ2v) is 7.64. The first kappa shape index (κ1) is 28.4. The number of terminal acetylenes is 1. The number of aromatic nitrogens is 3. The van der Waals surface area contributed by atoms with Crippen molar-refractivity contribution in [2.45, 2.75) is 59.0 Å². The molecule has 0 fully saturated rings. The number of nitrogens with zero attached hydrogens (tertiary/aromatic N) is 3. The highest BCUT2D eigenvalue weighted by Crippen LogP contribution is 2.32. The first-order valence-electron chi connectivity index (χ1n) is 11.5. The van der Waals surface area contributed by atoms with Crippen LogP contribution in [0.4, 0.5) is 5.69 Å². The molecule has 7 heteroatoms. The average Bonchev–Trinajstić information content (AvgIpc) is 3.28. The Hall–Kier alpha value is -3.63. The molecule has 0 saturated heterocycles. The van der Waals surface area contributed by atoms with E-state index in [2.05, 4.69) is 52.0 Å². The second kappa shape index (κ2) is 15.3. The lowest BCUT2D eigenvalue weighted by Crippen LogP contribution is -2.25. The maximum absolute atomic E-state index is 10.5. The van der Waals surface area contributed by atoms with E-state index in [1.165, 1.54) is 0 Å². The second-order valence-electron chi connectivity index (χ2n) is 7.64. The van der Waals surface area contributed by atoms with E-state index in [-0.39, 0.29) is 5.75 Å². The summed E-state index contributed by atoms with van der Waals surface area (Å²) in [4.78, 5) is 15.7. The van der Waals surface area contributed by atoms with Gasteiger partial charge in [-0.2, -0.15) is 0 Å². The minimum Gasteiger partial charge on any atom is -0.508 e. The van der Waals surface area contributed by atoms with Crippen molar-refractivity contribution < 1.29 is 10.2 Å². The number of rotatable bonds is 8. The number of aromatic amines is 1. The third-order valence-corrected chi connectivity index (χ3v) is 5.05. The number of aryl methyl sites for hydroxylation is 1. The van der Waals surface area contributed by atoms with Gasteiger partial charge in [-0.3, -0.25) is 9.98 Å². The summed E-state index contributed by atoms with van der Waals surface area (Å²) in [6.45, 7) is 8.82. The Labute approximate surface area is 203 Å². The highest BCUT2D eigenvalue weighted by molar-refractivity contribution is 6.07. The van der Waals surface area contributed by atoms with Gasteiger partial charge in [-0.05, 0) is 56.5 Å². The van der Waals surface area contributed by atoms with Gasteiger partial charge < -0.3 is 20.5 Å². The van der Waals surface area contributed by atoms with Crippen molar-refractivity contribution in [1.82, 2.24) is 15.0 Å². The summed E-state index contributed by atoms with van der Waals surface area (Å²) >= 11 is 0. The molecule has 0 atom stereocenters. The molecule has 3 rings (SSSR count). The maximum atomic E-state index is 10.5. The summed E-state index contributed by atoms with van der Waals surface area (Å²) in [5.41, 5.74) is 2.98. The average molecular weight is 464 g/mol. The zero-order valence-corrected chi connectivity index (χ0v) is 20.6. The fourth-order valence-electron chi connectivity index (χ4n) is 3.51. The van der Waals surface area contributed by atoms with Crippen LogP contribution < -0.4 is 5.32 Å². The molecule has 0 unspecified atom stereocenters. The van der Waals surface area contributed by atoms with E-state index in [1.54, 1.807) is 43.0 Å². The molecule has 0 spiro atoms. The van der Waals surface area contributed by atoms with E-state index in [0.29, 0.717) is 6.54 Å². The fraction of sp³-hybridized carbons (Fsp3) is 0.370. The highest BCUT2D eigenvalue weighted by atomic mass is 16.3. The van der Waals surface area contributed by atoms with Gasteiger partial charge in [0.05, 0.1) is 11.9 Å². The SMILES string of the molecule is C#C.CCCC(O)(CCC)c1ccc(O)cc1.CCN=C(Nc1ccncc1)c1nc[nH]c1C. The van der Waals surface area contributed by atoms with Crippen LogP contribution in [-0.2, 0) is 5.60 Å². The molecule has 0 amide bonds. The van der Waals surface area contributed by atoms with Crippen molar-refractivity contribution in [3.8, 4) is 18.6 Å². The topological polar surface area (TPSA) is 106 Å². The Kier molecular flexibility index (Phi) is 12.7. The summed E-state index contributed by atoms with van der Waals surface area (Å²) in [6, 6.07) is 10.7. The minimum atomic E-state index is -0.725. The van der Waals surface area contributed by atoms with Gasteiger partial charge in [0.15, 0.2) is 5.84 Å². The predicted octanol–water partition coefficient (Wildman–Crippen LogP) is 5.42. The summed E-state index contributed by atoms with van der Waals surface area (Å²) in [7, 11) is 0. The monoisotopic (exact) mass is 463 g/mol. The van der Waals surface area contributed by atoms with Crippen LogP contribution in [0.5, 0.6) is 5.75 Å². The fourth-order valence-corrected chi connectivity index (χ4v) is 3.51. The smallest absolute Gasteiger partial charge is 0.153 e. The lowest BCUT2D eigenvalue weighted by Gasteiger charge is -2.28. The molecule has 0 aliphatic rings. The zero-order valence-electron chi connectivity index (χ0n) is 20.6. The number of aromatic hydroxyl groups is 1. The first-order chi connectivity index (χ1) is 16.4. The lowest BCUT2D eigenvalue weighted by molar-refractivity contribution is 0.0169. The summed E-state index contributed by atoms with van der Waals surface area (Å²) in [5, 5.41) is 22.9.